The van der Waals surface area contributed by atoms with Gasteiger partial charge in [-0.25, -0.2) is 13.4 Å². The van der Waals surface area contributed by atoms with Crippen molar-refractivity contribution in [2.24, 2.45) is 17.8 Å². The zero-order valence-corrected chi connectivity index (χ0v) is 15.7. The third kappa shape index (κ3) is 2.70. The monoisotopic (exact) mass is 386 g/mol. The minimum atomic E-state index is -3.61. The van der Waals surface area contributed by atoms with E-state index in [9.17, 15) is 13.2 Å². The fourth-order valence-corrected chi connectivity index (χ4v) is 6.30. The number of carbonyl (C=O) groups excluding carboxylic acids is 1. The normalized spacial score (nSPS) is 28.3. The largest absolute Gasteiger partial charge is 0.345 e. The van der Waals surface area contributed by atoms with Crippen molar-refractivity contribution in [2.45, 2.75) is 17.7 Å². The molecule has 2 fully saturated rings. The van der Waals surface area contributed by atoms with Gasteiger partial charge in [0, 0.05) is 49.9 Å². The van der Waals surface area contributed by atoms with Crippen molar-refractivity contribution < 1.29 is 13.2 Å². The average molecular weight is 386 g/mol. The maximum absolute atomic E-state index is 13.1. The van der Waals surface area contributed by atoms with Crippen LogP contribution in [-0.4, -0.2) is 59.7 Å². The maximum atomic E-state index is 13.1. The number of allylic oxidation sites excluding steroid dienone is 2. The second-order valence-corrected chi connectivity index (χ2v) is 9.57. The lowest BCUT2D eigenvalue weighted by atomic mass is 9.92. The summed E-state index contributed by atoms with van der Waals surface area (Å²) in [5.74, 6) is 1.21. The molecule has 1 saturated heterocycles. The molecule has 1 N–H and O–H groups in total. The Labute approximate surface area is 158 Å². The van der Waals surface area contributed by atoms with Gasteiger partial charge in [-0.2, -0.15) is 4.31 Å². The van der Waals surface area contributed by atoms with Crippen LogP contribution in [0.2, 0.25) is 0 Å². The van der Waals surface area contributed by atoms with Gasteiger partial charge in [-0.05, 0) is 36.8 Å². The number of aromatic amines is 1. The molecule has 3 aliphatic rings. The molecule has 3 atom stereocenters. The number of aromatic nitrogens is 2. The summed E-state index contributed by atoms with van der Waals surface area (Å²) in [4.78, 5) is 22.0. The molecule has 2 aromatic rings. The molecular weight excluding hydrogens is 364 g/mol. The molecule has 27 heavy (non-hydrogen) atoms. The highest BCUT2D eigenvalue weighted by molar-refractivity contribution is 7.89. The third-order valence-electron chi connectivity index (χ3n) is 6.18. The number of hydrogen-bond donors (Lipinski definition) is 1. The van der Waals surface area contributed by atoms with Gasteiger partial charge < -0.3 is 9.88 Å². The van der Waals surface area contributed by atoms with Crippen LogP contribution in [0.5, 0.6) is 0 Å². The second-order valence-electron chi connectivity index (χ2n) is 7.67. The van der Waals surface area contributed by atoms with Gasteiger partial charge in [0.25, 0.3) is 0 Å². The molecule has 0 spiro atoms. The summed E-state index contributed by atoms with van der Waals surface area (Å²) in [6.45, 7) is 1.57. The molecule has 0 aromatic carbocycles. The third-order valence-corrected chi connectivity index (χ3v) is 8.12. The fourth-order valence-electron chi connectivity index (χ4n) is 4.73. The predicted octanol–water partition coefficient (Wildman–Crippen LogP) is 1.61. The summed E-state index contributed by atoms with van der Waals surface area (Å²) >= 11 is 0. The van der Waals surface area contributed by atoms with E-state index < -0.39 is 10.0 Å². The predicted molar refractivity (Wildman–Crippen MR) is 100 cm³/mol. The first-order valence-corrected chi connectivity index (χ1v) is 10.9. The maximum Gasteiger partial charge on any atom is 0.245 e. The molecule has 3 heterocycles. The van der Waals surface area contributed by atoms with Gasteiger partial charge in [0.2, 0.25) is 15.9 Å². The van der Waals surface area contributed by atoms with E-state index in [0.717, 1.165) is 12.8 Å². The van der Waals surface area contributed by atoms with Crippen LogP contribution in [-0.2, 0) is 14.8 Å². The summed E-state index contributed by atoms with van der Waals surface area (Å²) in [6.07, 6.45) is 9.59. The molecule has 142 valence electrons. The molecular formula is C19H22N4O3S. The van der Waals surface area contributed by atoms with Gasteiger partial charge in [0.1, 0.15) is 10.5 Å². The number of nitrogens with zero attached hydrogens (tertiary/aromatic N) is 3. The van der Waals surface area contributed by atoms with E-state index >= 15 is 0 Å². The van der Waals surface area contributed by atoms with Gasteiger partial charge in [-0.1, -0.05) is 12.2 Å². The Morgan fingerprint density at radius 3 is 2.67 bits per heavy atom. The average Bonchev–Trinajstić information content (AvgIpc) is 3.42. The number of amides is 1. The SMILES string of the molecule is O=C(C1CC2C=CC1C2)N1CCN(S(=O)(=O)c2c[nH]c3ncccc23)CC1. The standard InChI is InChI=1S/C19H22N4O3S/c24-19(16-11-13-3-4-14(16)10-13)22-6-8-23(9-7-22)27(25,26)17-12-21-18-15(17)2-1-5-20-18/h1-5,12-14,16H,6-11H2,(H,20,21). The van der Waals surface area contributed by atoms with Crippen molar-refractivity contribution in [2.75, 3.05) is 26.2 Å². The van der Waals surface area contributed by atoms with Gasteiger partial charge >= 0.3 is 0 Å². The van der Waals surface area contributed by atoms with E-state index in [1.54, 1.807) is 18.3 Å². The number of sulfonamides is 1. The molecule has 2 bridgehead atoms. The van der Waals surface area contributed by atoms with Crippen LogP contribution in [0.1, 0.15) is 12.8 Å². The number of fused-ring (bicyclic) bond motifs is 3. The Morgan fingerprint density at radius 2 is 1.96 bits per heavy atom. The number of carbonyl (C=O) groups is 1. The Kier molecular flexibility index (Phi) is 3.87. The molecule has 1 aliphatic heterocycles. The first kappa shape index (κ1) is 16.9. The Balaban J connectivity index is 1.30. The molecule has 8 heteroatoms. The van der Waals surface area contributed by atoms with E-state index in [0.29, 0.717) is 49.0 Å². The first-order chi connectivity index (χ1) is 13.0. The zero-order valence-electron chi connectivity index (χ0n) is 14.9. The molecule has 2 aromatic heterocycles. The quantitative estimate of drug-likeness (QED) is 0.812. The summed E-state index contributed by atoms with van der Waals surface area (Å²) in [6, 6.07) is 3.49. The van der Waals surface area contributed by atoms with Crippen molar-refractivity contribution >= 4 is 27.0 Å². The van der Waals surface area contributed by atoms with Crippen molar-refractivity contribution in [3.05, 3.63) is 36.7 Å². The molecule has 5 rings (SSSR count). The van der Waals surface area contributed by atoms with E-state index in [4.69, 9.17) is 0 Å². The van der Waals surface area contributed by atoms with E-state index in [-0.39, 0.29) is 16.7 Å². The number of nitrogens with one attached hydrogen (secondary N) is 1. The second kappa shape index (κ2) is 6.17. The molecule has 2 aliphatic carbocycles. The number of hydrogen-bond acceptors (Lipinski definition) is 4. The van der Waals surface area contributed by atoms with Gasteiger partial charge in [0.05, 0.1) is 0 Å². The Hall–Kier alpha value is -2.19. The van der Waals surface area contributed by atoms with Gasteiger partial charge in [0.15, 0.2) is 0 Å². The van der Waals surface area contributed by atoms with E-state index in [2.05, 4.69) is 22.1 Å². The van der Waals surface area contributed by atoms with Gasteiger partial charge in [-0.15, -0.1) is 0 Å². The topological polar surface area (TPSA) is 86.4 Å². The highest BCUT2D eigenvalue weighted by Gasteiger charge is 2.42. The lowest BCUT2D eigenvalue weighted by Gasteiger charge is -2.36. The highest BCUT2D eigenvalue weighted by atomic mass is 32.2. The van der Waals surface area contributed by atoms with Gasteiger partial charge in [-0.3, -0.25) is 4.79 Å². The number of pyridine rings is 1. The molecule has 0 radical (unpaired) electrons. The van der Waals surface area contributed by atoms with Crippen LogP contribution in [0.3, 0.4) is 0 Å². The summed E-state index contributed by atoms with van der Waals surface area (Å²) in [5.41, 5.74) is 0.564. The minimum Gasteiger partial charge on any atom is -0.345 e. The van der Waals surface area contributed by atoms with Crippen LogP contribution < -0.4 is 0 Å². The number of rotatable bonds is 3. The van der Waals surface area contributed by atoms with Crippen LogP contribution in [0, 0.1) is 17.8 Å². The van der Waals surface area contributed by atoms with Crippen molar-refractivity contribution in [3.63, 3.8) is 0 Å². The highest BCUT2D eigenvalue weighted by Crippen LogP contribution is 2.44. The van der Waals surface area contributed by atoms with Crippen molar-refractivity contribution in [3.8, 4) is 0 Å². The zero-order chi connectivity index (χ0) is 18.6. The summed E-state index contributed by atoms with van der Waals surface area (Å²) < 4.78 is 27.6. The number of H-pyrrole nitrogens is 1. The molecule has 7 nitrogen and oxygen atoms in total. The lowest BCUT2D eigenvalue weighted by Crippen LogP contribution is -2.52. The summed E-state index contributed by atoms with van der Waals surface area (Å²) in [5, 5.41) is 0.602. The first-order valence-electron chi connectivity index (χ1n) is 9.43. The van der Waals surface area contributed by atoms with Crippen molar-refractivity contribution in [1.82, 2.24) is 19.2 Å². The van der Waals surface area contributed by atoms with Crippen molar-refractivity contribution in [1.29, 1.82) is 0 Å². The minimum absolute atomic E-state index is 0.0860. The Morgan fingerprint density at radius 1 is 1.15 bits per heavy atom. The number of piperazine rings is 1. The van der Waals surface area contributed by atoms with Crippen LogP contribution >= 0.6 is 0 Å². The van der Waals surface area contributed by atoms with E-state index in [1.807, 2.05) is 4.90 Å². The fraction of sp³-hybridized carbons (Fsp3) is 0.474. The lowest BCUT2D eigenvalue weighted by molar-refractivity contribution is -0.137. The van der Waals surface area contributed by atoms with Crippen LogP contribution in [0.4, 0.5) is 0 Å². The molecule has 1 saturated carbocycles. The summed E-state index contributed by atoms with van der Waals surface area (Å²) in [7, 11) is -3.61. The van der Waals surface area contributed by atoms with Crippen LogP contribution in [0.25, 0.3) is 11.0 Å². The molecule has 3 unspecified atom stereocenters. The van der Waals surface area contributed by atoms with E-state index in [1.165, 1.54) is 10.5 Å². The molecule has 1 amide bonds. The van der Waals surface area contributed by atoms with Crippen LogP contribution in [0.15, 0.2) is 41.6 Å². The Bertz CT molecular complexity index is 1020. The smallest absolute Gasteiger partial charge is 0.245 e.